The van der Waals surface area contributed by atoms with Crippen LogP contribution >= 0.6 is 11.6 Å². The van der Waals surface area contributed by atoms with Gasteiger partial charge in [-0.15, -0.1) is 11.6 Å². The molecule has 0 radical (unpaired) electrons. The molecule has 1 unspecified atom stereocenters. The van der Waals surface area contributed by atoms with Gasteiger partial charge in [0.05, 0.1) is 5.69 Å². The van der Waals surface area contributed by atoms with Crippen LogP contribution < -0.4 is 16.8 Å². The van der Waals surface area contributed by atoms with Gasteiger partial charge in [-0.1, -0.05) is 37.6 Å². The summed E-state index contributed by atoms with van der Waals surface area (Å²) < 4.78 is 0. The number of nitrogens with two attached hydrogens (primary N) is 2. The fourth-order valence-electron chi connectivity index (χ4n) is 3.04. The highest BCUT2D eigenvalue weighted by atomic mass is 35.5. The minimum atomic E-state index is -0.862. The molecule has 132 valence electrons. The van der Waals surface area contributed by atoms with E-state index in [1.54, 1.807) is 0 Å². The SMILES string of the molecule is CCCCC1(N)N=C(N)Nc2ccc(Cc3ccc(CCl)cc3)nc21. The van der Waals surface area contributed by atoms with Crippen molar-refractivity contribution >= 4 is 23.2 Å². The summed E-state index contributed by atoms with van der Waals surface area (Å²) in [7, 11) is 0. The molecule has 0 amide bonds. The van der Waals surface area contributed by atoms with E-state index in [1.165, 1.54) is 5.56 Å². The van der Waals surface area contributed by atoms with Crippen molar-refractivity contribution in [2.24, 2.45) is 16.5 Å². The van der Waals surface area contributed by atoms with E-state index in [0.717, 1.165) is 48.3 Å². The number of pyridine rings is 1. The Balaban J connectivity index is 1.88. The number of nitrogens with one attached hydrogen (secondary N) is 1. The number of hydrogen-bond donors (Lipinski definition) is 3. The van der Waals surface area contributed by atoms with E-state index < -0.39 is 5.66 Å². The molecule has 2 aromatic rings. The molecule has 5 N–H and O–H groups in total. The Morgan fingerprint density at radius 1 is 1.12 bits per heavy atom. The van der Waals surface area contributed by atoms with Crippen molar-refractivity contribution < 1.29 is 0 Å². The van der Waals surface area contributed by atoms with Crippen LogP contribution in [0.4, 0.5) is 5.69 Å². The second-order valence-corrected chi connectivity index (χ2v) is 6.74. The lowest BCUT2D eigenvalue weighted by atomic mass is 9.96. The van der Waals surface area contributed by atoms with Crippen molar-refractivity contribution in [3.63, 3.8) is 0 Å². The van der Waals surface area contributed by atoms with Crippen molar-refractivity contribution in [2.75, 3.05) is 5.32 Å². The number of aliphatic imine (C=N–C) groups is 1. The average molecular weight is 358 g/mol. The summed E-state index contributed by atoms with van der Waals surface area (Å²) in [4.78, 5) is 9.26. The number of rotatable bonds is 6. The Kier molecular flexibility index (Phi) is 5.25. The van der Waals surface area contributed by atoms with Gasteiger partial charge >= 0.3 is 0 Å². The van der Waals surface area contributed by atoms with Crippen LogP contribution in [0.3, 0.4) is 0 Å². The molecule has 0 saturated carbocycles. The molecule has 2 heterocycles. The van der Waals surface area contributed by atoms with Gasteiger partial charge in [0.1, 0.15) is 5.69 Å². The molecule has 1 aliphatic heterocycles. The lowest BCUT2D eigenvalue weighted by Gasteiger charge is -2.31. The molecule has 25 heavy (non-hydrogen) atoms. The molecule has 1 aromatic heterocycles. The van der Waals surface area contributed by atoms with E-state index in [9.17, 15) is 0 Å². The molecule has 5 nitrogen and oxygen atoms in total. The molecule has 0 spiro atoms. The average Bonchev–Trinajstić information content (AvgIpc) is 2.61. The van der Waals surface area contributed by atoms with Gasteiger partial charge in [0.2, 0.25) is 0 Å². The van der Waals surface area contributed by atoms with Crippen molar-refractivity contribution in [1.82, 2.24) is 4.98 Å². The van der Waals surface area contributed by atoms with Crippen molar-refractivity contribution in [1.29, 1.82) is 0 Å². The van der Waals surface area contributed by atoms with Crippen LogP contribution in [-0.4, -0.2) is 10.9 Å². The zero-order valence-electron chi connectivity index (χ0n) is 14.4. The lowest BCUT2D eigenvalue weighted by molar-refractivity contribution is 0.398. The molecular weight excluding hydrogens is 334 g/mol. The minimum absolute atomic E-state index is 0.345. The van der Waals surface area contributed by atoms with E-state index in [1.807, 2.05) is 24.3 Å². The summed E-state index contributed by atoms with van der Waals surface area (Å²) in [5, 5.41) is 3.07. The number of alkyl halides is 1. The predicted octanol–water partition coefficient (Wildman–Crippen LogP) is 3.45. The standard InChI is InChI=1S/C19H24ClN5/c1-2-3-10-19(22)17-16(24-18(21)25-19)9-8-15(23-17)11-13-4-6-14(12-20)7-5-13/h4-9H,2-3,10-12,22H2,1H3,(H3,21,24,25). The second kappa shape index (κ2) is 7.42. The fourth-order valence-corrected chi connectivity index (χ4v) is 3.22. The van der Waals surface area contributed by atoms with Crippen molar-refractivity contribution in [2.45, 2.75) is 44.1 Å². The van der Waals surface area contributed by atoms with E-state index in [0.29, 0.717) is 11.8 Å². The number of unbranched alkanes of at least 4 members (excludes halogenated alkanes) is 1. The maximum absolute atomic E-state index is 6.56. The summed E-state index contributed by atoms with van der Waals surface area (Å²) in [5.74, 6) is 0.868. The summed E-state index contributed by atoms with van der Waals surface area (Å²) >= 11 is 5.85. The number of benzene rings is 1. The summed E-state index contributed by atoms with van der Waals surface area (Å²) in [6.07, 6.45) is 3.47. The minimum Gasteiger partial charge on any atom is -0.370 e. The zero-order valence-corrected chi connectivity index (χ0v) is 15.2. The van der Waals surface area contributed by atoms with Gasteiger partial charge in [-0.25, -0.2) is 4.99 Å². The largest absolute Gasteiger partial charge is 0.370 e. The Bertz CT molecular complexity index is 772. The molecule has 0 fully saturated rings. The van der Waals surface area contributed by atoms with Crippen molar-refractivity contribution in [3.8, 4) is 0 Å². The first-order valence-electron chi connectivity index (χ1n) is 8.59. The normalized spacial score (nSPS) is 19.1. The van der Waals surface area contributed by atoms with Gasteiger partial charge in [-0.05, 0) is 36.1 Å². The van der Waals surface area contributed by atoms with Crippen LogP contribution in [0.1, 0.15) is 48.7 Å². The van der Waals surface area contributed by atoms with E-state index in [4.69, 9.17) is 28.1 Å². The van der Waals surface area contributed by atoms with Crippen molar-refractivity contribution in [3.05, 3.63) is 58.9 Å². The molecular formula is C19H24ClN5. The number of anilines is 1. The Morgan fingerprint density at radius 3 is 2.52 bits per heavy atom. The first-order valence-corrected chi connectivity index (χ1v) is 9.13. The quantitative estimate of drug-likeness (QED) is 0.691. The van der Waals surface area contributed by atoms with E-state index in [-0.39, 0.29) is 0 Å². The molecule has 6 heteroatoms. The molecule has 1 aliphatic rings. The number of hydrogen-bond acceptors (Lipinski definition) is 5. The second-order valence-electron chi connectivity index (χ2n) is 6.48. The van der Waals surface area contributed by atoms with Crippen LogP contribution in [-0.2, 0) is 18.0 Å². The lowest BCUT2D eigenvalue weighted by Crippen LogP contribution is -2.44. The maximum Gasteiger partial charge on any atom is 0.195 e. The third-order valence-electron chi connectivity index (χ3n) is 4.42. The van der Waals surface area contributed by atoms with Gasteiger partial charge in [0.25, 0.3) is 0 Å². The molecule has 1 aromatic carbocycles. The van der Waals surface area contributed by atoms with Crippen LogP contribution in [0.5, 0.6) is 0 Å². The van der Waals surface area contributed by atoms with Crippen LogP contribution in [0.2, 0.25) is 0 Å². The molecule has 0 bridgehead atoms. The predicted molar refractivity (Wildman–Crippen MR) is 104 cm³/mol. The number of fused-ring (bicyclic) bond motifs is 1. The molecule has 0 aliphatic carbocycles. The van der Waals surface area contributed by atoms with Gasteiger partial charge in [0, 0.05) is 18.0 Å². The van der Waals surface area contributed by atoms with Crippen LogP contribution in [0.25, 0.3) is 0 Å². The number of nitrogens with zero attached hydrogens (tertiary/aromatic N) is 2. The highest BCUT2D eigenvalue weighted by Gasteiger charge is 2.34. The smallest absolute Gasteiger partial charge is 0.195 e. The van der Waals surface area contributed by atoms with Gasteiger partial charge in [-0.3, -0.25) is 4.98 Å². The molecule has 1 atom stereocenters. The summed E-state index contributed by atoms with van der Waals surface area (Å²) in [6, 6.07) is 12.2. The number of halogens is 1. The summed E-state index contributed by atoms with van der Waals surface area (Å²) in [6.45, 7) is 2.13. The first kappa shape index (κ1) is 17.7. The van der Waals surface area contributed by atoms with E-state index >= 15 is 0 Å². The summed E-state index contributed by atoms with van der Waals surface area (Å²) in [5.41, 5.74) is 16.5. The maximum atomic E-state index is 6.56. The Morgan fingerprint density at radius 2 is 1.84 bits per heavy atom. The van der Waals surface area contributed by atoms with E-state index in [2.05, 4.69) is 29.4 Å². The highest BCUT2D eigenvalue weighted by molar-refractivity contribution is 6.17. The third kappa shape index (κ3) is 3.94. The number of aromatic nitrogens is 1. The van der Waals surface area contributed by atoms with Gasteiger partial charge in [0.15, 0.2) is 11.6 Å². The highest BCUT2D eigenvalue weighted by Crippen LogP contribution is 2.33. The third-order valence-corrected chi connectivity index (χ3v) is 4.73. The van der Waals surface area contributed by atoms with Gasteiger partial charge < -0.3 is 16.8 Å². The Hall–Kier alpha value is -2.11. The zero-order chi connectivity index (χ0) is 17.9. The fraction of sp³-hybridized carbons (Fsp3) is 0.368. The molecule has 3 rings (SSSR count). The Labute approximate surface area is 153 Å². The van der Waals surface area contributed by atoms with Crippen LogP contribution in [0.15, 0.2) is 41.4 Å². The van der Waals surface area contributed by atoms with Gasteiger partial charge in [-0.2, -0.15) is 0 Å². The number of guanidine groups is 1. The topological polar surface area (TPSA) is 89.3 Å². The van der Waals surface area contributed by atoms with Crippen LogP contribution in [0, 0.1) is 0 Å². The first-order chi connectivity index (χ1) is 12.0. The monoisotopic (exact) mass is 357 g/mol. The molecule has 0 saturated heterocycles.